The topological polar surface area (TPSA) is 76.4 Å². The fraction of sp³-hybridized carbons (Fsp3) is 0.100. The molecule has 1 aliphatic rings. The van der Waals surface area contributed by atoms with Crippen LogP contribution in [0.1, 0.15) is 5.56 Å². The average molecular weight is 223 g/mol. The number of nitrogens with zero attached hydrogens (tertiary/aromatic N) is 1. The van der Waals surface area contributed by atoms with Crippen LogP contribution in [0.5, 0.6) is 0 Å². The molecule has 1 aliphatic heterocycles. The highest BCUT2D eigenvalue weighted by atomic mass is 35.5. The Morgan fingerprint density at radius 2 is 1.93 bits per heavy atom. The predicted molar refractivity (Wildman–Crippen MR) is 61.2 cm³/mol. The second-order valence-corrected chi connectivity index (χ2v) is 3.74. The van der Waals surface area contributed by atoms with E-state index < -0.39 is 5.66 Å². The van der Waals surface area contributed by atoms with E-state index in [0.717, 1.165) is 5.56 Å². The Morgan fingerprint density at radius 3 is 2.53 bits per heavy atom. The fourth-order valence-electron chi connectivity index (χ4n) is 1.40. The quantitative estimate of drug-likeness (QED) is 0.660. The number of guanidine groups is 1. The number of benzene rings is 1. The van der Waals surface area contributed by atoms with Crippen LogP contribution in [0.3, 0.4) is 0 Å². The number of hydrogen-bond donors (Lipinski definition) is 3. The third-order valence-electron chi connectivity index (χ3n) is 2.18. The van der Waals surface area contributed by atoms with Gasteiger partial charge in [0, 0.05) is 11.2 Å². The predicted octanol–water partition coefficient (Wildman–Crippen LogP) is 0.883. The van der Waals surface area contributed by atoms with Crippen LogP contribution >= 0.6 is 11.6 Å². The first-order chi connectivity index (χ1) is 7.10. The third kappa shape index (κ3) is 1.95. The molecule has 1 heterocycles. The number of hydrogen-bond acceptors (Lipinski definition) is 4. The lowest BCUT2D eigenvalue weighted by molar-refractivity contribution is 0.581. The van der Waals surface area contributed by atoms with E-state index >= 15 is 0 Å². The van der Waals surface area contributed by atoms with Crippen LogP contribution in [0.25, 0.3) is 0 Å². The summed E-state index contributed by atoms with van der Waals surface area (Å²) in [5.41, 5.74) is 11.6. The molecule has 0 aliphatic carbocycles. The second kappa shape index (κ2) is 3.56. The molecule has 0 aromatic heterocycles. The maximum Gasteiger partial charge on any atom is 0.195 e. The first-order valence-electron chi connectivity index (χ1n) is 4.45. The molecule has 1 aromatic carbocycles. The van der Waals surface area contributed by atoms with Crippen molar-refractivity contribution >= 4 is 17.6 Å². The molecule has 78 valence electrons. The molecule has 5 N–H and O–H groups in total. The normalized spacial score (nSPS) is 24.5. The summed E-state index contributed by atoms with van der Waals surface area (Å²) in [6.07, 6.45) is 3.42. The van der Waals surface area contributed by atoms with Crippen LogP contribution < -0.4 is 16.8 Å². The summed E-state index contributed by atoms with van der Waals surface area (Å²) in [4.78, 5) is 4.15. The minimum atomic E-state index is -0.903. The molecule has 5 heteroatoms. The summed E-state index contributed by atoms with van der Waals surface area (Å²) >= 11 is 5.79. The average Bonchev–Trinajstić information content (AvgIpc) is 2.18. The number of halogens is 1. The molecule has 4 nitrogen and oxygen atoms in total. The number of rotatable bonds is 1. The summed E-state index contributed by atoms with van der Waals surface area (Å²) in [5, 5.41) is 3.42. The standard InChI is InChI=1S/C10H11ClN4/c11-8-3-1-7(2-4-8)10(13)5-6-14-9(12)15-10/h1-6H,13H2,(H3,12,14,15). The van der Waals surface area contributed by atoms with Gasteiger partial charge in [-0.15, -0.1) is 0 Å². The van der Waals surface area contributed by atoms with E-state index in [1.54, 1.807) is 24.4 Å². The van der Waals surface area contributed by atoms with Crippen molar-refractivity contribution in [2.24, 2.45) is 16.5 Å². The van der Waals surface area contributed by atoms with Crippen molar-refractivity contribution in [2.75, 3.05) is 0 Å². The Kier molecular flexibility index (Phi) is 2.38. The van der Waals surface area contributed by atoms with Crippen LogP contribution in [0.2, 0.25) is 5.02 Å². The summed E-state index contributed by atoms with van der Waals surface area (Å²) in [7, 11) is 0. The van der Waals surface area contributed by atoms with E-state index in [4.69, 9.17) is 23.1 Å². The molecular weight excluding hydrogens is 212 g/mol. The molecule has 1 unspecified atom stereocenters. The Bertz CT molecular complexity index is 424. The van der Waals surface area contributed by atoms with Gasteiger partial charge in [0.1, 0.15) is 0 Å². The Morgan fingerprint density at radius 1 is 1.27 bits per heavy atom. The molecule has 0 fully saturated rings. The molecular formula is C10H11ClN4. The summed E-state index contributed by atoms with van der Waals surface area (Å²) in [5.74, 6) is 0.301. The molecule has 0 saturated heterocycles. The minimum Gasteiger partial charge on any atom is -0.370 e. The highest BCUT2D eigenvalue weighted by Gasteiger charge is 2.25. The van der Waals surface area contributed by atoms with Gasteiger partial charge in [-0.2, -0.15) is 0 Å². The van der Waals surface area contributed by atoms with E-state index in [2.05, 4.69) is 10.3 Å². The number of nitrogens with one attached hydrogen (secondary N) is 1. The molecule has 1 aromatic rings. The zero-order valence-electron chi connectivity index (χ0n) is 7.94. The minimum absolute atomic E-state index is 0.301. The third-order valence-corrected chi connectivity index (χ3v) is 2.43. The first kappa shape index (κ1) is 10.0. The largest absolute Gasteiger partial charge is 0.370 e. The van der Waals surface area contributed by atoms with Gasteiger partial charge in [0.15, 0.2) is 11.6 Å². The van der Waals surface area contributed by atoms with Crippen molar-refractivity contribution in [1.82, 2.24) is 5.32 Å². The molecule has 0 radical (unpaired) electrons. The van der Waals surface area contributed by atoms with Crippen molar-refractivity contribution in [2.45, 2.75) is 5.66 Å². The van der Waals surface area contributed by atoms with Gasteiger partial charge >= 0.3 is 0 Å². The molecule has 0 amide bonds. The van der Waals surface area contributed by atoms with Crippen LogP contribution in [0.4, 0.5) is 0 Å². The smallest absolute Gasteiger partial charge is 0.195 e. The zero-order chi connectivity index (χ0) is 10.9. The maximum absolute atomic E-state index is 6.08. The Balaban J connectivity index is 2.41. The van der Waals surface area contributed by atoms with Crippen molar-refractivity contribution in [3.05, 3.63) is 47.1 Å². The molecule has 15 heavy (non-hydrogen) atoms. The van der Waals surface area contributed by atoms with E-state index in [1.807, 2.05) is 12.1 Å². The Hall–Kier alpha value is -1.52. The lowest BCUT2D eigenvalue weighted by Crippen LogP contribution is -2.42. The Labute approximate surface area is 92.6 Å². The molecule has 0 saturated carbocycles. The van der Waals surface area contributed by atoms with Gasteiger partial charge < -0.3 is 11.1 Å². The van der Waals surface area contributed by atoms with E-state index in [0.29, 0.717) is 11.0 Å². The van der Waals surface area contributed by atoms with Crippen molar-refractivity contribution < 1.29 is 0 Å². The van der Waals surface area contributed by atoms with Crippen molar-refractivity contribution in [3.8, 4) is 0 Å². The van der Waals surface area contributed by atoms with Crippen LogP contribution in [-0.2, 0) is 5.66 Å². The highest BCUT2D eigenvalue weighted by molar-refractivity contribution is 6.30. The second-order valence-electron chi connectivity index (χ2n) is 3.31. The maximum atomic E-state index is 6.08. The monoisotopic (exact) mass is 222 g/mol. The van der Waals surface area contributed by atoms with Crippen LogP contribution in [-0.4, -0.2) is 5.96 Å². The molecule has 0 bridgehead atoms. The van der Waals surface area contributed by atoms with Gasteiger partial charge in [-0.25, -0.2) is 4.99 Å². The number of nitrogens with two attached hydrogens (primary N) is 2. The van der Waals surface area contributed by atoms with E-state index in [9.17, 15) is 0 Å². The van der Waals surface area contributed by atoms with Crippen molar-refractivity contribution in [1.29, 1.82) is 0 Å². The van der Waals surface area contributed by atoms with Gasteiger partial charge in [0.25, 0.3) is 0 Å². The van der Waals surface area contributed by atoms with Gasteiger partial charge in [-0.3, -0.25) is 5.73 Å². The summed E-state index contributed by atoms with van der Waals surface area (Å²) in [6, 6.07) is 7.20. The van der Waals surface area contributed by atoms with Gasteiger partial charge in [-0.05, 0) is 23.8 Å². The van der Waals surface area contributed by atoms with Crippen LogP contribution in [0.15, 0.2) is 41.5 Å². The lowest BCUT2D eigenvalue weighted by atomic mass is 10.0. The van der Waals surface area contributed by atoms with Crippen molar-refractivity contribution in [3.63, 3.8) is 0 Å². The SMILES string of the molecule is NC1=NC(N)(c2ccc(Cl)cc2)C=CN1. The van der Waals surface area contributed by atoms with Gasteiger partial charge in [-0.1, -0.05) is 23.7 Å². The van der Waals surface area contributed by atoms with Gasteiger partial charge in [0.05, 0.1) is 0 Å². The summed E-state index contributed by atoms with van der Waals surface area (Å²) < 4.78 is 0. The highest BCUT2D eigenvalue weighted by Crippen LogP contribution is 2.24. The fourth-order valence-corrected chi connectivity index (χ4v) is 1.53. The lowest BCUT2D eigenvalue weighted by Gasteiger charge is -2.25. The summed E-state index contributed by atoms with van der Waals surface area (Å²) in [6.45, 7) is 0. The van der Waals surface area contributed by atoms with Crippen LogP contribution in [0, 0.1) is 0 Å². The molecule has 1 atom stereocenters. The number of aliphatic imine (C=N–C) groups is 1. The van der Waals surface area contributed by atoms with E-state index in [-0.39, 0.29) is 0 Å². The molecule has 2 rings (SSSR count). The van der Waals surface area contributed by atoms with E-state index in [1.165, 1.54) is 0 Å². The first-order valence-corrected chi connectivity index (χ1v) is 4.82. The molecule has 0 spiro atoms. The zero-order valence-corrected chi connectivity index (χ0v) is 8.70. The van der Waals surface area contributed by atoms with Gasteiger partial charge in [0.2, 0.25) is 0 Å².